The minimum atomic E-state index is -4.51. The minimum absolute atomic E-state index is 0.0501. The zero-order valence-electron chi connectivity index (χ0n) is 15.4. The molecule has 1 heterocycles. The highest BCUT2D eigenvalue weighted by Crippen LogP contribution is 2.32. The van der Waals surface area contributed by atoms with E-state index in [4.69, 9.17) is 11.6 Å². The zero-order chi connectivity index (χ0) is 22.1. The lowest BCUT2D eigenvalue weighted by atomic mass is 10.1. The largest absolute Gasteiger partial charge is 0.416 e. The average Bonchev–Trinajstić information content (AvgIpc) is 3.04. The molecule has 11 heteroatoms. The number of carbonyl (C=O) groups is 1. The SMILES string of the molecule is Cc1nc(C(=O)NS(=O)(=O)c2ccccc2)cn1Cc1ccc(C(F)(F)F)cc1Cl. The highest BCUT2D eigenvalue weighted by atomic mass is 35.5. The number of aryl methyl sites for hydroxylation is 1. The van der Waals surface area contributed by atoms with Gasteiger partial charge in [-0.2, -0.15) is 13.2 Å². The van der Waals surface area contributed by atoms with Gasteiger partial charge in [0.05, 0.1) is 17.0 Å². The Labute approximate surface area is 175 Å². The maximum atomic E-state index is 12.8. The van der Waals surface area contributed by atoms with Crippen LogP contribution in [0.3, 0.4) is 0 Å². The average molecular weight is 458 g/mol. The highest BCUT2D eigenvalue weighted by molar-refractivity contribution is 7.90. The summed E-state index contributed by atoms with van der Waals surface area (Å²) in [6.45, 7) is 1.62. The van der Waals surface area contributed by atoms with E-state index in [2.05, 4.69) is 4.98 Å². The lowest BCUT2D eigenvalue weighted by Crippen LogP contribution is -2.30. The molecule has 0 spiro atoms. The number of sulfonamides is 1. The summed E-state index contributed by atoms with van der Waals surface area (Å²) in [4.78, 5) is 16.3. The smallest absolute Gasteiger partial charge is 0.330 e. The molecule has 1 aromatic heterocycles. The summed E-state index contributed by atoms with van der Waals surface area (Å²) >= 11 is 5.97. The van der Waals surface area contributed by atoms with Gasteiger partial charge in [-0.15, -0.1) is 0 Å². The van der Waals surface area contributed by atoms with E-state index in [1.54, 1.807) is 13.0 Å². The zero-order valence-corrected chi connectivity index (χ0v) is 17.0. The molecule has 0 atom stereocenters. The predicted octanol–water partition coefficient (Wildman–Crippen LogP) is 4.03. The Morgan fingerprint density at radius 3 is 2.43 bits per heavy atom. The number of alkyl halides is 3. The second kappa shape index (κ2) is 8.11. The Bertz CT molecular complexity index is 1190. The standard InChI is InChI=1S/C19H15ClF3N3O3S/c1-12-24-17(18(27)25-30(28,29)15-5-3-2-4-6-15)11-26(12)10-13-7-8-14(9-16(13)20)19(21,22)23/h2-9,11H,10H2,1H3,(H,25,27). The first-order chi connectivity index (χ1) is 14.0. The van der Waals surface area contributed by atoms with Gasteiger partial charge in [0, 0.05) is 11.2 Å². The van der Waals surface area contributed by atoms with Gasteiger partial charge >= 0.3 is 6.18 Å². The molecule has 0 fully saturated rings. The lowest BCUT2D eigenvalue weighted by Gasteiger charge is -2.11. The van der Waals surface area contributed by atoms with Gasteiger partial charge in [0.15, 0.2) is 0 Å². The van der Waals surface area contributed by atoms with E-state index in [-0.39, 0.29) is 22.2 Å². The van der Waals surface area contributed by atoms with Crippen molar-refractivity contribution < 1.29 is 26.4 Å². The molecular formula is C19H15ClF3N3O3S. The third kappa shape index (κ3) is 4.82. The minimum Gasteiger partial charge on any atom is -0.330 e. The Morgan fingerprint density at radius 1 is 1.17 bits per heavy atom. The Hall–Kier alpha value is -2.85. The van der Waals surface area contributed by atoms with Crippen molar-refractivity contribution in [3.05, 3.63) is 82.4 Å². The molecule has 0 aliphatic heterocycles. The lowest BCUT2D eigenvalue weighted by molar-refractivity contribution is -0.137. The van der Waals surface area contributed by atoms with Crippen molar-refractivity contribution in [1.82, 2.24) is 14.3 Å². The van der Waals surface area contributed by atoms with Gasteiger partial charge in [0.2, 0.25) is 0 Å². The first-order valence-corrected chi connectivity index (χ1v) is 10.3. The van der Waals surface area contributed by atoms with Gasteiger partial charge in [-0.25, -0.2) is 18.1 Å². The molecule has 0 saturated heterocycles. The number of carbonyl (C=O) groups excluding carboxylic acids is 1. The molecule has 30 heavy (non-hydrogen) atoms. The molecule has 0 radical (unpaired) electrons. The molecule has 2 aromatic carbocycles. The van der Waals surface area contributed by atoms with Crippen molar-refractivity contribution in [3.63, 3.8) is 0 Å². The van der Waals surface area contributed by atoms with Crippen LogP contribution < -0.4 is 4.72 Å². The number of imidazole rings is 1. The van der Waals surface area contributed by atoms with Crippen LogP contribution in [-0.4, -0.2) is 23.9 Å². The van der Waals surface area contributed by atoms with Gasteiger partial charge in [-0.05, 0) is 36.8 Å². The summed E-state index contributed by atoms with van der Waals surface area (Å²) in [6, 6.07) is 10.3. The molecule has 0 saturated carbocycles. The summed E-state index contributed by atoms with van der Waals surface area (Å²) < 4.78 is 66.3. The van der Waals surface area contributed by atoms with Crippen LogP contribution >= 0.6 is 11.6 Å². The van der Waals surface area contributed by atoms with Gasteiger partial charge < -0.3 is 4.57 Å². The van der Waals surface area contributed by atoms with Crippen LogP contribution in [0.1, 0.15) is 27.4 Å². The van der Waals surface area contributed by atoms with Crippen LogP contribution in [0.5, 0.6) is 0 Å². The molecule has 3 rings (SSSR count). The fourth-order valence-corrected chi connectivity index (χ4v) is 3.87. The summed E-state index contributed by atoms with van der Waals surface area (Å²) in [7, 11) is -4.07. The number of aromatic nitrogens is 2. The van der Waals surface area contributed by atoms with Crippen molar-refractivity contribution in [2.75, 3.05) is 0 Å². The van der Waals surface area contributed by atoms with Gasteiger partial charge in [0.25, 0.3) is 15.9 Å². The number of halogens is 4. The normalized spacial score (nSPS) is 12.0. The van der Waals surface area contributed by atoms with Gasteiger partial charge in [0.1, 0.15) is 11.5 Å². The second-order valence-electron chi connectivity index (χ2n) is 6.35. The van der Waals surface area contributed by atoms with E-state index in [1.807, 2.05) is 4.72 Å². The fourth-order valence-electron chi connectivity index (χ4n) is 2.65. The summed E-state index contributed by atoms with van der Waals surface area (Å²) in [5.74, 6) is -0.576. The third-order valence-corrected chi connectivity index (χ3v) is 5.91. The van der Waals surface area contributed by atoms with Crippen LogP contribution in [0, 0.1) is 6.92 Å². The van der Waals surface area contributed by atoms with Crippen LogP contribution in [0.2, 0.25) is 5.02 Å². The molecule has 158 valence electrons. The van der Waals surface area contributed by atoms with Crippen LogP contribution in [0.25, 0.3) is 0 Å². The number of nitrogens with zero attached hydrogens (tertiary/aromatic N) is 2. The molecule has 1 N–H and O–H groups in total. The molecule has 0 unspecified atom stereocenters. The molecule has 0 aliphatic carbocycles. The number of hydrogen-bond donors (Lipinski definition) is 1. The van der Waals surface area contributed by atoms with E-state index >= 15 is 0 Å². The third-order valence-electron chi connectivity index (χ3n) is 4.21. The van der Waals surface area contributed by atoms with Gasteiger partial charge in [-0.3, -0.25) is 4.79 Å². The molecule has 0 bridgehead atoms. The van der Waals surface area contributed by atoms with E-state index in [0.29, 0.717) is 11.4 Å². The number of benzene rings is 2. The molecule has 3 aromatic rings. The maximum Gasteiger partial charge on any atom is 0.416 e. The molecule has 0 aliphatic rings. The number of amides is 1. The molecule has 1 amide bonds. The summed E-state index contributed by atoms with van der Waals surface area (Å²) in [5, 5.41) is -0.0874. The van der Waals surface area contributed by atoms with Crippen molar-refractivity contribution in [3.8, 4) is 0 Å². The summed E-state index contributed by atoms with van der Waals surface area (Å²) in [6.07, 6.45) is -3.21. The quantitative estimate of drug-likeness (QED) is 0.627. The Kier molecular flexibility index (Phi) is 5.91. The number of nitrogens with one attached hydrogen (secondary N) is 1. The van der Waals surface area contributed by atoms with Crippen LogP contribution in [0.4, 0.5) is 13.2 Å². The fraction of sp³-hybridized carbons (Fsp3) is 0.158. The first-order valence-electron chi connectivity index (χ1n) is 8.49. The first kappa shape index (κ1) is 21.8. The highest BCUT2D eigenvalue weighted by Gasteiger charge is 2.31. The monoisotopic (exact) mass is 457 g/mol. The van der Waals surface area contributed by atoms with Crippen molar-refractivity contribution >= 4 is 27.5 Å². The van der Waals surface area contributed by atoms with Crippen molar-refractivity contribution in [2.45, 2.75) is 24.5 Å². The van der Waals surface area contributed by atoms with E-state index in [9.17, 15) is 26.4 Å². The van der Waals surface area contributed by atoms with Crippen molar-refractivity contribution in [2.24, 2.45) is 0 Å². The number of rotatable bonds is 5. The topological polar surface area (TPSA) is 81.1 Å². The van der Waals surface area contributed by atoms with Gasteiger partial charge in [-0.1, -0.05) is 35.9 Å². The van der Waals surface area contributed by atoms with E-state index < -0.39 is 27.7 Å². The molecule has 6 nitrogen and oxygen atoms in total. The van der Waals surface area contributed by atoms with Crippen LogP contribution in [-0.2, 0) is 22.7 Å². The molecular weight excluding hydrogens is 443 g/mol. The maximum absolute atomic E-state index is 12.8. The summed E-state index contributed by atoms with van der Waals surface area (Å²) in [5.41, 5.74) is -0.645. The second-order valence-corrected chi connectivity index (χ2v) is 8.44. The van der Waals surface area contributed by atoms with Crippen molar-refractivity contribution in [1.29, 1.82) is 0 Å². The van der Waals surface area contributed by atoms with E-state index in [1.165, 1.54) is 41.1 Å². The predicted molar refractivity (Wildman–Crippen MR) is 104 cm³/mol. The van der Waals surface area contributed by atoms with E-state index in [0.717, 1.165) is 12.1 Å². The Balaban J connectivity index is 1.80. The Morgan fingerprint density at radius 2 is 1.83 bits per heavy atom. The number of hydrogen-bond acceptors (Lipinski definition) is 4. The van der Waals surface area contributed by atoms with Crippen LogP contribution in [0.15, 0.2) is 59.6 Å².